The molecule has 2 heterocycles. The molecule has 0 spiro atoms. The lowest BCUT2D eigenvalue weighted by molar-refractivity contribution is -0.115. The predicted octanol–water partition coefficient (Wildman–Crippen LogP) is 2.63. The molecule has 24 heavy (non-hydrogen) atoms. The third kappa shape index (κ3) is 2.57. The van der Waals surface area contributed by atoms with Gasteiger partial charge in [0.25, 0.3) is 0 Å². The molecule has 1 aliphatic carbocycles. The average Bonchev–Trinajstić information content (AvgIpc) is 2.90. The maximum absolute atomic E-state index is 13.5. The highest BCUT2D eigenvalue weighted by Gasteiger charge is 2.41. The number of benzene rings is 1. The van der Waals surface area contributed by atoms with Crippen LogP contribution in [-0.4, -0.2) is 24.7 Å². The monoisotopic (exact) mass is 368 g/mol. The minimum Gasteiger partial charge on any atom is -0.360 e. The number of halogens is 3. The zero-order valence-electron chi connectivity index (χ0n) is 12.6. The molecule has 126 valence electrons. The second kappa shape index (κ2) is 6.31. The number of allylic oxidation sites excluding steroid dienone is 2. The quantitative estimate of drug-likeness (QED) is 0.799. The minimum absolute atomic E-state index is 0. The van der Waals surface area contributed by atoms with Gasteiger partial charge in [-0.2, -0.15) is 0 Å². The summed E-state index contributed by atoms with van der Waals surface area (Å²) in [4.78, 5) is 24.8. The highest BCUT2D eigenvalue weighted by atomic mass is 35.5. The van der Waals surface area contributed by atoms with Crippen molar-refractivity contribution >= 4 is 35.6 Å². The minimum atomic E-state index is -0.512. The van der Waals surface area contributed by atoms with E-state index in [-0.39, 0.29) is 35.5 Å². The van der Waals surface area contributed by atoms with Crippen molar-refractivity contribution in [2.24, 2.45) is 0 Å². The molecule has 0 amide bonds. The molecule has 1 unspecified atom stereocenters. The Balaban J connectivity index is 0.00000169. The van der Waals surface area contributed by atoms with Crippen molar-refractivity contribution in [2.75, 3.05) is 13.1 Å². The Labute approximate surface area is 149 Å². The van der Waals surface area contributed by atoms with E-state index < -0.39 is 11.7 Å². The maximum Gasteiger partial charge on any atom is 0.175 e. The molecule has 0 fully saturated rings. The molecule has 2 aliphatic heterocycles. The molecule has 0 radical (unpaired) electrons. The predicted molar refractivity (Wildman–Crippen MR) is 90.7 cm³/mol. The van der Waals surface area contributed by atoms with E-state index in [4.69, 9.17) is 11.6 Å². The van der Waals surface area contributed by atoms with Crippen molar-refractivity contribution in [1.82, 2.24) is 10.6 Å². The number of carbonyl (C=O) groups excluding carboxylic acids is 2. The van der Waals surface area contributed by atoms with Gasteiger partial charge < -0.3 is 10.6 Å². The first kappa shape index (κ1) is 17.1. The van der Waals surface area contributed by atoms with Gasteiger partial charge in [-0.3, -0.25) is 9.59 Å². The van der Waals surface area contributed by atoms with Gasteiger partial charge in [-0.1, -0.05) is 17.7 Å². The molecule has 0 bridgehead atoms. The standard InChI is InChI=1S/C17H14ClFN2O2.ClH/c18-9-5-8(1-2-10(9)19)15-16-11(3-4-13(16)22)21-12-6-20-7-14(23)17(12)15;/h1-2,5,15,20-21H,3-4,6-7H2;1H. The van der Waals surface area contributed by atoms with E-state index in [2.05, 4.69) is 10.6 Å². The van der Waals surface area contributed by atoms with E-state index in [1.807, 2.05) is 0 Å². The van der Waals surface area contributed by atoms with Gasteiger partial charge in [0.05, 0.1) is 11.6 Å². The van der Waals surface area contributed by atoms with Crippen LogP contribution in [0.2, 0.25) is 5.02 Å². The van der Waals surface area contributed by atoms with Crippen LogP contribution in [0.3, 0.4) is 0 Å². The second-order valence-electron chi connectivity index (χ2n) is 5.97. The molecule has 1 aromatic rings. The summed E-state index contributed by atoms with van der Waals surface area (Å²) in [6.45, 7) is 0.792. The van der Waals surface area contributed by atoms with Crippen molar-refractivity contribution in [2.45, 2.75) is 18.8 Å². The summed E-state index contributed by atoms with van der Waals surface area (Å²) < 4.78 is 13.5. The van der Waals surface area contributed by atoms with Crippen LogP contribution in [0.15, 0.2) is 40.7 Å². The fourth-order valence-electron chi connectivity index (χ4n) is 3.60. The number of nitrogens with one attached hydrogen (secondary N) is 2. The molecule has 2 N–H and O–H groups in total. The second-order valence-corrected chi connectivity index (χ2v) is 6.37. The van der Waals surface area contributed by atoms with E-state index in [1.165, 1.54) is 12.1 Å². The van der Waals surface area contributed by atoms with Gasteiger partial charge >= 0.3 is 0 Å². The molecule has 7 heteroatoms. The van der Waals surface area contributed by atoms with Crippen molar-refractivity contribution in [3.05, 3.63) is 57.1 Å². The summed E-state index contributed by atoms with van der Waals surface area (Å²) in [7, 11) is 0. The van der Waals surface area contributed by atoms with Gasteiger partial charge in [-0.25, -0.2) is 4.39 Å². The topological polar surface area (TPSA) is 58.2 Å². The Hall–Kier alpha value is -1.69. The SMILES string of the molecule is Cl.O=C1CCC2=C1C(c1ccc(F)c(Cl)c1)C1=C(CNCC1=O)N2. The Morgan fingerprint density at radius 3 is 2.54 bits per heavy atom. The highest BCUT2D eigenvalue weighted by molar-refractivity contribution is 6.30. The summed E-state index contributed by atoms with van der Waals surface area (Å²) in [5, 5.41) is 6.30. The van der Waals surface area contributed by atoms with Crippen molar-refractivity contribution in [1.29, 1.82) is 0 Å². The zero-order valence-corrected chi connectivity index (χ0v) is 14.2. The Kier molecular flexibility index (Phi) is 4.51. The van der Waals surface area contributed by atoms with E-state index >= 15 is 0 Å². The van der Waals surface area contributed by atoms with Gasteiger partial charge in [-0.15, -0.1) is 12.4 Å². The first-order valence-corrected chi connectivity index (χ1v) is 7.89. The van der Waals surface area contributed by atoms with Crippen LogP contribution in [0, 0.1) is 5.82 Å². The number of hydrogen-bond donors (Lipinski definition) is 2. The van der Waals surface area contributed by atoms with Crippen molar-refractivity contribution in [3.8, 4) is 0 Å². The van der Waals surface area contributed by atoms with Crippen molar-refractivity contribution in [3.63, 3.8) is 0 Å². The molecule has 3 aliphatic rings. The van der Waals surface area contributed by atoms with Crippen LogP contribution in [0.25, 0.3) is 0 Å². The van der Waals surface area contributed by atoms with E-state index in [9.17, 15) is 14.0 Å². The lowest BCUT2D eigenvalue weighted by Gasteiger charge is -2.33. The normalized spacial score (nSPS) is 22.8. The number of rotatable bonds is 1. The maximum atomic E-state index is 13.5. The molecular formula is C17H15Cl2FN2O2. The van der Waals surface area contributed by atoms with Crippen molar-refractivity contribution < 1.29 is 14.0 Å². The molecule has 4 nitrogen and oxygen atoms in total. The van der Waals surface area contributed by atoms with Crippen LogP contribution in [-0.2, 0) is 9.59 Å². The molecule has 1 aromatic carbocycles. The van der Waals surface area contributed by atoms with Gasteiger partial charge in [0.15, 0.2) is 11.6 Å². The van der Waals surface area contributed by atoms with E-state index in [0.29, 0.717) is 36.1 Å². The van der Waals surface area contributed by atoms with Crippen LogP contribution in [0.5, 0.6) is 0 Å². The summed E-state index contributed by atoms with van der Waals surface area (Å²) in [6, 6.07) is 4.40. The van der Waals surface area contributed by atoms with Crippen LogP contribution < -0.4 is 10.6 Å². The summed E-state index contributed by atoms with van der Waals surface area (Å²) in [5.74, 6) is -0.975. The third-order valence-corrected chi connectivity index (χ3v) is 4.89. The van der Waals surface area contributed by atoms with Gasteiger partial charge in [-0.05, 0) is 24.1 Å². The molecule has 0 saturated carbocycles. The fourth-order valence-corrected chi connectivity index (χ4v) is 3.79. The van der Waals surface area contributed by atoms with E-state index in [1.54, 1.807) is 6.07 Å². The molecule has 0 aromatic heterocycles. The smallest absolute Gasteiger partial charge is 0.175 e. The number of hydrogen-bond acceptors (Lipinski definition) is 4. The van der Waals surface area contributed by atoms with Gasteiger partial charge in [0, 0.05) is 41.4 Å². The Morgan fingerprint density at radius 1 is 1.04 bits per heavy atom. The molecular weight excluding hydrogens is 354 g/mol. The van der Waals surface area contributed by atoms with E-state index in [0.717, 1.165) is 11.4 Å². The van der Waals surface area contributed by atoms with Gasteiger partial charge in [0.2, 0.25) is 0 Å². The lowest BCUT2D eigenvalue weighted by atomic mass is 9.77. The number of Topliss-reactive ketones (excluding diaryl/α,β-unsaturated/α-hetero) is 2. The van der Waals surface area contributed by atoms with Gasteiger partial charge in [0.1, 0.15) is 5.82 Å². The first-order chi connectivity index (χ1) is 11.1. The number of carbonyl (C=O) groups is 2. The summed E-state index contributed by atoms with van der Waals surface area (Å²) in [5.41, 5.74) is 3.58. The van der Waals surface area contributed by atoms with Crippen LogP contribution in [0.1, 0.15) is 24.3 Å². The number of dihydropyridines is 1. The largest absolute Gasteiger partial charge is 0.360 e. The highest BCUT2D eigenvalue weighted by Crippen LogP contribution is 2.44. The number of ketones is 2. The Morgan fingerprint density at radius 2 is 1.79 bits per heavy atom. The van der Waals surface area contributed by atoms with Crippen LogP contribution >= 0.6 is 24.0 Å². The average molecular weight is 369 g/mol. The zero-order chi connectivity index (χ0) is 16.1. The fraction of sp³-hybridized carbons (Fsp3) is 0.294. The first-order valence-electron chi connectivity index (χ1n) is 7.51. The summed E-state index contributed by atoms with van der Waals surface area (Å²) >= 11 is 5.92. The lowest BCUT2D eigenvalue weighted by Crippen LogP contribution is -2.42. The summed E-state index contributed by atoms with van der Waals surface area (Å²) in [6.07, 6.45) is 1.08. The molecule has 1 atom stereocenters. The Bertz CT molecular complexity index is 817. The molecule has 0 saturated heterocycles. The van der Waals surface area contributed by atoms with Crippen LogP contribution in [0.4, 0.5) is 4.39 Å². The molecule has 4 rings (SSSR count). The third-order valence-electron chi connectivity index (χ3n) is 4.60.